The van der Waals surface area contributed by atoms with Gasteiger partial charge in [0.25, 0.3) is 0 Å². The molecule has 0 fully saturated rings. The number of nitrogens with one attached hydrogen (secondary N) is 1. The predicted molar refractivity (Wildman–Crippen MR) is 86.4 cm³/mol. The maximum absolute atomic E-state index is 4.63. The van der Waals surface area contributed by atoms with Crippen molar-refractivity contribution in [3.05, 3.63) is 11.9 Å². The first-order chi connectivity index (χ1) is 9.12. The lowest BCUT2D eigenvalue weighted by molar-refractivity contribution is 0.745. The van der Waals surface area contributed by atoms with Crippen molar-refractivity contribution in [2.75, 3.05) is 35.8 Å². The highest BCUT2D eigenvalue weighted by Gasteiger charge is 2.13. The van der Waals surface area contributed by atoms with Gasteiger partial charge in [-0.05, 0) is 19.6 Å². The van der Waals surface area contributed by atoms with Crippen LogP contribution in [0.5, 0.6) is 0 Å². The summed E-state index contributed by atoms with van der Waals surface area (Å²) >= 11 is 1.86. The molecule has 1 unspecified atom stereocenters. The second-order valence-electron chi connectivity index (χ2n) is 4.72. The van der Waals surface area contributed by atoms with E-state index in [1.165, 1.54) is 0 Å². The molecular weight excluding hydrogens is 256 g/mol. The molecule has 0 amide bonds. The standard InChI is InChI=1S/C14H26N4S/c1-6-8-15-13-9-14(17-12(7-2)16-13)18(4)11(3)10-19-5/h9,11H,6-8,10H2,1-5H3,(H,15,16,17). The minimum absolute atomic E-state index is 0.466. The molecule has 0 aliphatic rings. The third-order valence-corrected chi connectivity index (χ3v) is 3.88. The van der Waals surface area contributed by atoms with E-state index in [2.05, 4.69) is 54.3 Å². The van der Waals surface area contributed by atoms with Crippen molar-refractivity contribution in [3.8, 4) is 0 Å². The van der Waals surface area contributed by atoms with Gasteiger partial charge in [-0.25, -0.2) is 9.97 Å². The Morgan fingerprint density at radius 3 is 2.68 bits per heavy atom. The quantitative estimate of drug-likeness (QED) is 0.793. The minimum atomic E-state index is 0.466. The van der Waals surface area contributed by atoms with Crippen LogP contribution < -0.4 is 10.2 Å². The topological polar surface area (TPSA) is 41.0 Å². The normalized spacial score (nSPS) is 12.3. The van der Waals surface area contributed by atoms with E-state index in [1.54, 1.807) is 0 Å². The largest absolute Gasteiger partial charge is 0.370 e. The fraction of sp³-hybridized carbons (Fsp3) is 0.714. The summed E-state index contributed by atoms with van der Waals surface area (Å²) in [5.74, 6) is 3.94. The molecule has 1 heterocycles. The molecule has 0 aliphatic carbocycles. The van der Waals surface area contributed by atoms with Gasteiger partial charge < -0.3 is 10.2 Å². The number of aryl methyl sites for hydroxylation is 1. The molecule has 19 heavy (non-hydrogen) atoms. The predicted octanol–water partition coefficient (Wildman–Crippen LogP) is 3.05. The van der Waals surface area contributed by atoms with Crippen LogP contribution in [0, 0.1) is 0 Å². The molecule has 1 rings (SSSR count). The van der Waals surface area contributed by atoms with E-state index in [4.69, 9.17) is 0 Å². The summed E-state index contributed by atoms with van der Waals surface area (Å²) in [6, 6.07) is 2.51. The fourth-order valence-corrected chi connectivity index (χ4v) is 2.45. The van der Waals surface area contributed by atoms with Crippen LogP contribution in [0.25, 0.3) is 0 Å². The van der Waals surface area contributed by atoms with Crippen LogP contribution in [0.15, 0.2) is 6.07 Å². The number of anilines is 2. The fourth-order valence-electron chi connectivity index (χ4n) is 1.74. The summed E-state index contributed by atoms with van der Waals surface area (Å²) in [6.45, 7) is 7.42. The summed E-state index contributed by atoms with van der Waals surface area (Å²) in [5, 5.41) is 3.35. The van der Waals surface area contributed by atoms with Gasteiger partial charge in [0.05, 0.1) is 0 Å². The lowest BCUT2D eigenvalue weighted by atomic mass is 10.3. The Kier molecular flexibility index (Phi) is 6.99. The molecular formula is C14H26N4S. The van der Waals surface area contributed by atoms with Crippen LogP contribution in [0.4, 0.5) is 11.6 Å². The van der Waals surface area contributed by atoms with E-state index in [-0.39, 0.29) is 0 Å². The van der Waals surface area contributed by atoms with Gasteiger partial charge >= 0.3 is 0 Å². The first-order valence-electron chi connectivity index (χ1n) is 6.95. The number of thioether (sulfide) groups is 1. The second kappa shape index (κ2) is 8.25. The van der Waals surface area contributed by atoms with Crippen molar-refractivity contribution in [2.45, 2.75) is 39.7 Å². The van der Waals surface area contributed by atoms with E-state index in [1.807, 2.05) is 17.8 Å². The number of hydrogen-bond acceptors (Lipinski definition) is 5. The minimum Gasteiger partial charge on any atom is -0.370 e. The van der Waals surface area contributed by atoms with Gasteiger partial charge in [-0.15, -0.1) is 0 Å². The van der Waals surface area contributed by atoms with E-state index >= 15 is 0 Å². The van der Waals surface area contributed by atoms with Crippen molar-refractivity contribution >= 4 is 23.4 Å². The lowest BCUT2D eigenvalue weighted by Crippen LogP contribution is -2.32. The number of rotatable bonds is 8. The van der Waals surface area contributed by atoms with Crippen LogP contribution in [-0.4, -0.2) is 41.6 Å². The molecule has 0 saturated carbocycles. The molecule has 1 aromatic rings. The third kappa shape index (κ3) is 4.90. The number of aromatic nitrogens is 2. The first kappa shape index (κ1) is 16.1. The molecule has 0 spiro atoms. The Morgan fingerprint density at radius 2 is 2.11 bits per heavy atom. The average molecular weight is 282 g/mol. The molecule has 0 bridgehead atoms. The van der Waals surface area contributed by atoms with Gasteiger partial charge in [0, 0.05) is 37.9 Å². The molecule has 0 radical (unpaired) electrons. The van der Waals surface area contributed by atoms with Crippen LogP contribution >= 0.6 is 11.8 Å². The Bertz CT molecular complexity index is 384. The Balaban J connectivity index is 2.91. The van der Waals surface area contributed by atoms with E-state index in [0.29, 0.717) is 6.04 Å². The zero-order chi connectivity index (χ0) is 14.3. The van der Waals surface area contributed by atoms with E-state index < -0.39 is 0 Å². The third-order valence-electron chi connectivity index (χ3n) is 3.06. The summed E-state index contributed by atoms with van der Waals surface area (Å²) in [5.41, 5.74) is 0. The monoisotopic (exact) mass is 282 g/mol. The molecule has 1 aromatic heterocycles. The van der Waals surface area contributed by atoms with Crippen molar-refractivity contribution in [2.24, 2.45) is 0 Å². The van der Waals surface area contributed by atoms with Gasteiger partial charge in [-0.1, -0.05) is 13.8 Å². The molecule has 0 saturated heterocycles. The van der Waals surface area contributed by atoms with Crippen molar-refractivity contribution in [3.63, 3.8) is 0 Å². The molecule has 0 aromatic carbocycles. The molecule has 0 aliphatic heterocycles. The highest BCUT2D eigenvalue weighted by atomic mass is 32.2. The highest BCUT2D eigenvalue weighted by molar-refractivity contribution is 7.98. The second-order valence-corrected chi connectivity index (χ2v) is 5.63. The van der Waals surface area contributed by atoms with Gasteiger partial charge in [-0.3, -0.25) is 0 Å². The van der Waals surface area contributed by atoms with Crippen LogP contribution in [0.2, 0.25) is 0 Å². The Labute approximate surface area is 121 Å². The van der Waals surface area contributed by atoms with Crippen LogP contribution in [-0.2, 0) is 6.42 Å². The van der Waals surface area contributed by atoms with Gasteiger partial charge in [0.2, 0.25) is 0 Å². The smallest absolute Gasteiger partial charge is 0.134 e. The van der Waals surface area contributed by atoms with Crippen molar-refractivity contribution < 1.29 is 0 Å². The van der Waals surface area contributed by atoms with Crippen molar-refractivity contribution in [1.29, 1.82) is 0 Å². The number of hydrogen-bond donors (Lipinski definition) is 1. The van der Waals surface area contributed by atoms with Crippen LogP contribution in [0.3, 0.4) is 0 Å². The van der Waals surface area contributed by atoms with Crippen molar-refractivity contribution in [1.82, 2.24) is 9.97 Å². The zero-order valence-electron chi connectivity index (χ0n) is 12.7. The molecule has 5 heteroatoms. The molecule has 108 valence electrons. The summed E-state index contributed by atoms with van der Waals surface area (Å²) < 4.78 is 0. The van der Waals surface area contributed by atoms with E-state index in [9.17, 15) is 0 Å². The first-order valence-corrected chi connectivity index (χ1v) is 8.35. The van der Waals surface area contributed by atoms with Gasteiger partial charge in [-0.2, -0.15) is 11.8 Å². The lowest BCUT2D eigenvalue weighted by Gasteiger charge is -2.26. The Morgan fingerprint density at radius 1 is 1.37 bits per heavy atom. The summed E-state index contributed by atoms with van der Waals surface area (Å²) in [4.78, 5) is 11.4. The molecule has 4 nitrogen and oxygen atoms in total. The van der Waals surface area contributed by atoms with E-state index in [0.717, 1.165) is 42.6 Å². The molecule has 1 N–H and O–H groups in total. The number of nitrogens with zero attached hydrogens (tertiary/aromatic N) is 3. The summed E-state index contributed by atoms with van der Waals surface area (Å²) in [6.07, 6.45) is 4.09. The average Bonchev–Trinajstić information content (AvgIpc) is 2.44. The Hall–Kier alpha value is -0.970. The maximum Gasteiger partial charge on any atom is 0.134 e. The van der Waals surface area contributed by atoms with Gasteiger partial charge in [0.15, 0.2) is 0 Å². The summed E-state index contributed by atoms with van der Waals surface area (Å²) in [7, 11) is 2.10. The van der Waals surface area contributed by atoms with Crippen LogP contribution in [0.1, 0.15) is 33.0 Å². The van der Waals surface area contributed by atoms with Gasteiger partial charge in [0.1, 0.15) is 17.5 Å². The zero-order valence-corrected chi connectivity index (χ0v) is 13.5. The highest BCUT2D eigenvalue weighted by Crippen LogP contribution is 2.18. The maximum atomic E-state index is 4.63. The molecule has 1 atom stereocenters. The SMILES string of the molecule is CCCNc1cc(N(C)C(C)CSC)nc(CC)n1.